The van der Waals surface area contributed by atoms with Crippen LogP contribution in [0.15, 0.2) is 28.2 Å². The van der Waals surface area contributed by atoms with Crippen molar-refractivity contribution in [1.82, 2.24) is 15.2 Å². The fourth-order valence-electron chi connectivity index (χ4n) is 1.51. The van der Waals surface area contributed by atoms with Gasteiger partial charge >= 0.3 is 0 Å². The van der Waals surface area contributed by atoms with E-state index in [2.05, 4.69) is 19.9 Å². The molecule has 2 aromatic heterocycles. The zero-order valence-corrected chi connectivity index (χ0v) is 12.6. The molecule has 0 unspecified atom stereocenters. The molecule has 2 aromatic rings. The number of sulfonamides is 1. The van der Waals surface area contributed by atoms with Gasteiger partial charge in [0.25, 0.3) is 10.0 Å². The average molecular weight is 314 g/mol. The molecular weight excluding hydrogens is 300 g/mol. The predicted molar refractivity (Wildman–Crippen MR) is 76.3 cm³/mol. The summed E-state index contributed by atoms with van der Waals surface area (Å²) in [6.07, 6.45) is 3.24. The van der Waals surface area contributed by atoms with Crippen LogP contribution in [0.25, 0.3) is 0 Å². The van der Waals surface area contributed by atoms with E-state index in [1.54, 1.807) is 0 Å². The number of aromatic amines is 1. The van der Waals surface area contributed by atoms with Gasteiger partial charge in [-0.25, -0.2) is 8.42 Å². The van der Waals surface area contributed by atoms with E-state index in [9.17, 15) is 13.2 Å². The summed E-state index contributed by atoms with van der Waals surface area (Å²) in [5.41, 5.74) is -0.580. The van der Waals surface area contributed by atoms with Gasteiger partial charge in [-0.1, -0.05) is 25.2 Å². The Morgan fingerprint density at radius 1 is 1.40 bits per heavy atom. The molecule has 20 heavy (non-hydrogen) atoms. The molecule has 9 heteroatoms. The SMILES string of the molecule is CC(C)Cc1nnc(NS(=O)(=O)c2c[nH]ccc2=O)s1. The molecule has 108 valence electrons. The van der Waals surface area contributed by atoms with Crippen molar-refractivity contribution in [3.63, 3.8) is 0 Å². The number of nitrogens with one attached hydrogen (secondary N) is 2. The number of anilines is 1. The Labute approximate surface area is 120 Å². The van der Waals surface area contributed by atoms with E-state index >= 15 is 0 Å². The summed E-state index contributed by atoms with van der Waals surface area (Å²) in [5, 5.41) is 8.59. The lowest BCUT2D eigenvalue weighted by Gasteiger charge is -2.02. The topological polar surface area (TPSA) is 105 Å². The minimum absolute atomic E-state index is 0.156. The second-order valence-electron chi connectivity index (χ2n) is 4.58. The van der Waals surface area contributed by atoms with Crippen molar-refractivity contribution in [1.29, 1.82) is 0 Å². The number of H-pyrrole nitrogens is 1. The molecule has 0 aliphatic carbocycles. The van der Waals surface area contributed by atoms with Gasteiger partial charge in [0, 0.05) is 24.9 Å². The number of aromatic nitrogens is 3. The van der Waals surface area contributed by atoms with E-state index in [1.165, 1.54) is 6.20 Å². The minimum atomic E-state index is -3.94. The smallest absolute Gasteiger partial charge is 0.269 e. The van der Waals surface area contributed by atoms with Crippen molar-refractivity contribution < 1.29 is 8.42 Å². The molecular formula is C11H14N4O3S2. The van der Waals surface area contributed by atoms with E-state index in [0.717, 1.165) is 35.0 Å². The highest BCUT2D eigenvalue weighted by molar-refractivity contribution is 7.92. The van der Waals surface area contributed by atoms with Gasteiger partial charge in [0.05, 0.1) is 0 Å². The molecule has 2 heterocycles. The standard InChI is InChI=1S/C11H14N4O3S2/c1-7(2)5-10-13-14-11(19-10)15-20(17,18)9-6-12-4-3-8(9)16/h3-4,6-7H,5H2,1-2H3,(H,12,16)(H,14,15). The van der Waals surface area contributed by atoms with Gasteiger partial charge in [0.15, 0.2) is 4.90 Å². The highest BCUT2D eigenvalue weighted by Crippen LogP contribution is 2.20. The van der Waals surface area contributed by atoms with Crippen LogP contribution in [-0.4, -0.2) is 23.6 Å². The summed E-state index contributed by atoms with van der Waals surface area (Å²) < 4.78 is 26.4. The van der Waals surface area contributed by atoms with Gasteiger partial charge in [0.2, 0.25) is 10.6 Å². The molecule has 0 saturated heterocycles. The van der Waals surface area contributed by atoms with Crippen LogP contribution >= 0.6 is 11.3 Å². The summed E-state index contributed by atoms with van der Waals surface area (Å²) in [7, 11) is -3.94. The first kappa shape index (κ1) is 14.7. The Morgan fingerprint density at radius 2 is 2.15 bits per heavy atom. The molecule has 0 saturated carbocycles. The maximum atomic E-state index is 12.1. The Morgan fingerprint density at radius 3 is 2.80 bits per heavy atom. The second-order valence-corrected chi connectivity index (χ2v) is 7.29. The lowest BCUT2D eigenvalue weighted by molar-refractivity contribution is 0.600. The highest BCUT2D eigenvalue weighted by Gasteiger charge is 2.20. The van der Waals surface area contributed by atoms with E-state index in [1.807, 2.05) is 13.8 Å². The number of rotatable bonds is 5. The predicted octanol–water partition coefficient (Wildman–Crippen LogP) is 1.23. The Kier molecular flexibility index (Phi) is 4.19. The molecule has 0 aliphatic rings. The molecule has 0 aliphatic heterocycles. The van der Waals surface area contributed by atoms with E-state index < -0.39 is 15.5 Å². The fraction of sp³-hybridized carbons (Fsp3) is 0.364. The Hall–Kier alpha value is -1.74. The van der Waals surface area contributed by atoms with Crippen molar-refractivity contribution in [2.45, 2.75) is 25.2 Å². The zero-order chi connectivity index (χ0) is 14.8. The normalized spacial score (nSPS) is 11.8. The Balaban J connectivity index is 2.23. The maximum Gasteiger partial charge on any atom is 0.269 e. The maximum absolute atomic E-state index is 12.1. The van der Waals surface area contributed by atoms with Crippen LogP contribution in [0.4, 0.5) is 5.13 Å². The van der Waals surface area contributed by atoms with E-state index in [-0.39, 0.29) is 10.0 Å². The van der Waals surface area contributed by atoms with Crippen LogP contribution in [0.5, 0.6) is 0 Å². The zero-order valence-electron chi connectivity index (χ0n) is 11.0. The molecule has 0 fully saturated rings. The third-order valence-electron chi connectivity index (χ3n) is 2.35. The van der Waals surface area contributed by atoms with Gasteiger partial charge < -0.3 is 4.98 Å². The third-order valence-corrected chi connectivity index (χ3v) is 4.70. The Bertz CT molecular complexity index is 749. The van der Waals surface area contributed by atoms with Gasteiger partial charge in [-0.2, -0.15) is 0 Å². The third kappa shape index (κ3) is 3.42. The summed E-state index contributed by atoms with van der Waals surface area (Å²) in [5.74, 6) is 0.407. The van der Waals surface area contributed by atoms with Crippen LogP contribution in [0, 0.1) is 5.92 Å². The van der Waals surface area contributed by atoms with E-state index in [4.69, 9.17) is 0 Å². The minimum Gasteiger partial charge on any atom is -0.366 e. The fourth-order valence-corrected chi connectivity index (χ4v) is 3.74. The first-order chi connectivity index (χ1) is 9.38. The summed E-state index contributed by atoms with van der Waals surface area (Å²) in [6, 6.07) is 1.15. The summed E-state index contributed by atoms with van der Waals surface area (Å²) in [4.78, 5) is 13.8. The van der Waals surface area contributed by atoms with Crippen molar-refractivity contribution in [2.75, 3.05) is 4.72 Å². The molecule has 0 amide bonds. The largest absolute Gasteiger partial charge is 0.366 e. The molecule has 0 bridgehead atoms. The van der Waals surface area contributed by atoms with Crippen molar-refractivity contribution >= 4 is 26.5 Å². The molecule has 0 aromatic carbocycles. The van der Waals surface area contributed by atoms with E-state index in [0.29, 0.717) is 5.92 Å². The monoisotopic (exact) mass is 314 g/mol. The number of hydrogen-bond donors (Lipinski definition) is 2. The number of hydrogen-bond acceptors (Lipinski definition) is 6. The van der Waals surface area contributed by atoms with Crippen LogP contribution in [0.2, 0.25) is 0 Å². The van der Waals surface area contributed by atoms with Gasteiger partial charge in [-0.3, -0.25) is 9.52 Å². The average Bonchev–Trinajstić information content (AvgIpc) is 2.75. The second kappa shape index (κ2) is 5.71. The summed E-state index contributed by atoms with van der Waals surface area (Å²) in [6.45, 7) is 4.07. The molecule has 0 radical (unpaired) electrons. The molecule has 0 atom stereocenters. The molecule has 7 nitrogen and oxygen atoms in total. The molecule has 0 spiro atoms. The van der Waals surface area contributed by atoms with Crippen LogP contribution in [-0.2, 0) is 16.4 Å². The first-order valence-electron chi connectivity index (χ1n) is 5.91. The molecule has 2 rings (SSSR count). The highest BCUT2D eigenvalue weighted by atomic mass is 32.2. The van der Waals surface area contributed by atoms with Gasteiger partial charge in [-0.15, -0.1) is 10.2 Å². The van der Waals surface area contributed by atoms with Gasteiger partial charge in [0.1, 0.15) is 5.01 Å². The van der Waals surface area contributed by atoms with Crippen LogP contribution in [0.3, 0.4) is 0 Å². The molecule has 2 N–H and O–H groups in total. The van der Waals surface area contributed by atoms with Gasteiger partial charge in [-0.05, 0) is 5.92 Å². The van der Waals surface area contributed by atoms with Crippen LogP contribution < -0.4 is 10.2 Å². The van der Waals surface area contributed by atoms with Crippen LogP contribution in [0.1, 0.15) is 18.9 Å². The lowest BCUT2D eigenvalue weighted by Crippen LogP contribution is -2.20. The number of nitrogens with zero attached hydrogens (tertiary/aromatic N) is 2. The number of pyridine rings is 1. The van der Waals surface area contributed by atoms with Crippen molar-refractivity contribution in [3.05, 3.63) is 33.7 Å². The quantitative estimate of drug-likeness (QED) is 0.863. The first-order valence-corrected chi connectivity index (χ1v) is 8.21. The van der Waals surface area contributed by atoms with Crippen molar-refractivity contribution in [2.24, 2.45) is 5.92 Å². The lowest BCUT2D eigenvalue weighted by atomic mass is 10.1. The summed E-state index contributed by atoms with van der Waals surface area (Å²) >= 11 is 1.16. The van der Waals surface area contributed by atoms with Crippen molar-refractivity contribution in [3.8, 4) is 0 Å².